The molecule has 0 saturated carbocycles. The van der Waals surface area contributed by atoms with Crippen molar-refractivity contribution in [2.24, 2.45) is 13.0 Å². The Kier molecular flexibility index (Phi) is 6.49. The maximum atomic E-state index is 13.3. The molecule has 1 amide bonds. The third-order valence-electron chi connectivity index (χ3n) is 4.50. The second kappa shape index (κ2) is 8.86. The minimum Gasteiger partial charge on any atom is -0.340 e. The number of benzene rings is 1. The van der Waals surface area contributed by atoms with E-state index in [4.69, 9.17) is 11.6 Å². The van der Waals surface area contributed by atoms with Crippen molar-refractivity contribution < 1.29 is 9.18 Å². The second-order valence-corrected chi connectivity index (χ2v) is 8.25. The van der Waals surface area contributed by atoms with Gasteiger partial charge in [0.05, 0.1) is 21.9 Å². The molecule has 0 radical (unpaired) electrons. The summed E-state index contributed by atoms with van der Waals surface area (Å²) >= 11 is 7.44. The first-order valence-corrected chi connectivity index (χ1v) is 10.1. The normalized spacial score (nSPS) is 13.3. The molecule has 0 fully saturated rings. The maximum absolute atomic E-state index is 13.3. The molecule has 2 aromatic heterocycles. The van der Waals surface area contributed by atoms with Crippen LogP contribution in [0.4, 0.5) is 10.1 Å². The molecule has 0 aliphatic carbocycles. The van der Waals surface area contributed by atoms with Crippen LogP contribution >= 0.6 is 22.9 Å². The van der Waals surface area contributed by atoms with Gasteiger partial charge in [-0.1, -0.05) is 18.5 Å². The monoisotopic (exact) mass is 420 g/mol. The average Bonchev–Trinajstić information content (AvgIpc) is 3.31. The van der Waals surface area contributed by atoms with Crippen molar-refractivity contribution in [2.45, 2.75) is 19.4 Å². The van der Waals surface area contributed by atoms with E-state index in [0.717, 1.165) is 15.4 Å². The Bertz CT molecular complexity index is 971. The summed E-state index contributed by atoms with van der Waals surface area (Å²) in [6.45, 7) is 1.87. The first-order chi connectivity index (χ1) is 13.4. The highest BCUT2D eigenvalue weighted by atomic mass is 35.5. The molecule has 2 atom stereocenters. The van der Waals surface area contributed by atoms with Crippen molar-refractivity contribution in [1.29, 1.82) is 0 Å². The highest BCUT2D eigenvalue weighted by Gasteiger charge is 2.21. The fraction of sp³-hybridized carbons (Fsp3) is 0.300. The zero-order chi connectivity index (χ0) is 20.3. The van der Waals surface area contributed by atoms with Gasteiger partial charge in [0.25, 0.3) is 0 Å². The minimum absolute atomic E-state index is 0.0146. The Morgan fingerprint density at radius 2 is 2.14 bits per heavy atom. The van der Waals surface area contributed by atoms with Crippen LogP contribution in [0.1, 0.15) is 24.3 Å². The molecule has 1 aromatic carbocycles. The highest BCUT2D eigenvalue weighted by Crippen LogP contribution is 2.33. The Morgan fingerprint density at radius 3 is 2.79 bits per heavy atom. The van der Waals surface area contributed by atoms with Crippen LogP contribution < -0.4 is 10.6 Å². The van der Waals surface area contributed by atoms with Crippen molar-refractivity contribution in [3.05, 3.63) is 58.6 Å². The van der Waals surface area contributed by atoms with Crippen molar-refractivity contribution >= 4 is 34.5 Å². The van der Waals surface area contributed by atoms with Gasteiger partial charge in [0.15, 0.2) is 0 Å². The third kappa shape index (κ3) is 4.79. The molecule has 8 heteroatoms. The summed E-state index contributed by atoms with van der Waals surface area (Å²) < 4.78 is 15.2. The van der Waals surface area contributed by atoms with E-state index in [-0.39, 0.29) is 22.9 Å². The standard InChI is InChI=1S/C20H22ClFN4OS/c1-12(20(27)25-13-4-5-15(22)14(21)9-13)8-16(23-2)18-6-7-19(28-18)17-10-26(3)11-24-17/h4-7,9-12,16,23H,8H2,1-3H3,(H,25,27)/t12-,16+/m1/s1. The molecule has 0 aliphatic heterocycles. The molecule has 5 nitrogen and oxygen atoms in total. The van der Waals surface area contributed by atoms with Gasteiger partial charge >= 0.3 is 0 Å². The molecule has 28 heavy (non-hydrogen) atoms. The number of nitrogens with one attached hydrogen (secondary N) is 2. The molecule has 0 spiro atoms. The SMILES string of the molecule is CN[C@@H](C[C@@H](C)C(=O)Nc1ccc(F)c(Cl)c1)c1ccc(-c2cn(C)cn2)s1. The number of thiophene rings is 1. The van der Waals surface area contributed by atoms with Crippen LogP contribution in [0.3, 0.4) is 0 Å². The van der Waals surface area contributed by atoms with Gasteiger partial charge in [0, 0.05) is 35.8 Å². The van der Waals surface area contributed by atoms with Gasteiger partial charge in [-0.05, 0) is 43.8 Å². The largest absolute Gasteiger partial charge is 0.340 e. The summed E-state index contributed by atoms with van der Waals surface area (Å²) in [5.41, 5.74) is 1.42. The summed E-state index contributed by atoms with van der Waals surface area (Å²) in [6.07, 6.45) is 4.38. The lowest BCUT2D eigenvalue weighted by Gasteiger charge is -2.19. The number of carbonyl (C=O) groups excluding carboxylic acids is 1. The van der Waals surface area contributed by atoms with Crippen LogP contribution in [0.15, 0.2) is 42.9 Å². The quantitative estimate of drug-likeness (QED) is 0.573. The second-order valence-electron chi connectivity index (χ2n) is 6.72. The first-order valence-electron chi connectivity index (χ1n) is 8.88. The van der Waals surface area contributed by atoms with Crippen LogP contribution in [0.5, 0.6) is 0 Å². The van der Waals surface area contributed by atoms with Gasteiger partial charge in [0.1, 0.15) is 5.82 Å². The number of aromatic nitrogens is 2. The van der Waals surface area contributed by atoms with E-state index in [1.807, 2.05) is 31.8 Å². The third-order valence-corrected chi connectivity index (χ3v) is 6.01. The Morgan fingerprint density at radius 1 is 1.36 bits per heavy atom. The zero-order valence-corrected chi connectivity index (χ0v) is 17.4. The maximum Gasteiger partial charge on any atom is 0.227 e. The summed E-state index contributed by atoms with van der Waals surface area (Å²) in [7, 11) is 3.82. The van der Waals surface area contributed by atoms with Crippen LogP contribution in [-0.4, -0.2) is 22.5 Å². The van der Waals surface area contributed by atoms with Gasteiger partial charge in [0.2, 0.25) is 5.91 Å². The van der Waals surface area contributed by atoms with Crippen molar-refractivity contribution in [1.82, 2.24) is 14.9 Å². The molecular weight excluding hydrogens is 399 g/mol. The summed E-state index contributed by atoms with van der Waals surface area (Å²) in [5, 5.41) is 6.07. The topological polar surface area (TPSA) is 59.0 Å². The molecule has 0 unspecified atom stereocenters. The van der Waals surface area contributed by atoms with E-state index in [1.54, 1.807) is 17.7 Å². The van der Waals surface area contributed by atoms with Gasteiger partial charge in [-0.3, -0.25) is 4.79 Å². The molecule has 2 heterocycles. The predicted molar refractivity (Wildman–Crippen MR) is 112 cm³/mol. The van der Waals surface area contributed by atoms with Gasteiger partial charge in [-0.2, -0.15) is 0 Å². The number of hydrogen-bond donors (Lipinski definition) is 2. The average molecular weight is 421 g/mol. The number of anilines is 1. The van der Waals surface area contributed by atoms with Gasteiger partial charge in [-0.25, -0.2) is 9.37 Å². The van der Waals surface area contributed by atoms with E-state index in [0.29, 0.717) is 12.1 Å². The lowest BCUT2D eigenvalue weighted by molar-refractivity contribution is -0.119. The summed E-state index contributed by atoms with van der Waals surface area (Å²) in [5.74, 6) is -0.893. The highest BCUT2D eigenvalue weighted by molar-refractivity contribution is 7.15. The molecular formula is C20H22ClFN4OS. The van der Waals surface area contributed by atoms with Crippen molar-refractivity contribution in [3.8, 4) is 10.6 Å². The van der Waals surface area contributed by atoms with Crippen molar-refractivity contribution in [3.63, 3.8) is 0 Å². The Labute approximate surface area is 172 Å². The molecule has 0 saturated heterocycles. The zero-order valence-electron chi connectivity index (χ0n) is 15.9. The van der Waals surface area contributed by atoms with Crippen LogP contribution in [0, 0.1) is 11.7 Å². The molecule has 3 aromatic rings. The van der Waals surface area contributed by atoms with Gasteiger partial charge < -0.3 is 15.2 Å². The van der Waals surface area contributed by atoms with E-state index in [9.17, 15) is 9.18 Å². The molecule has 0 aliphatic rings. The number of nitrogens with zero attached hydrogens (tertiary/aromatic N) is 2. The predicted octanol–water partition coefficient (Wildman–Crippen LogP) is 4.87. The lowest BCUT2D eigenvalue weighted by Crippen LogP contribution is -2.26. The number of carbonyl (C=O) groups is 1. The van der Waals surface area contributed by atoms with E-state index in [2.05, 4.69) is 27.8 Å². The number of rotatable bonds is 7. The number of imidazole rings is 1. The fourth-order valence-electron chi connectivity index (χ4n) is 2.89. The Balaban J connectivity index is 1.65. The molecule has 0 bridgehead atoms. The molecule has 3 rings (SSSR count). The van der Waals surface area contributed by atoms with Crippen LogP contribution in [-0.2, 0) is 11.8 Å². The van der Waals surface area contributed by atoms with Crippen molar-refractivity contribution in [2.75, 3.05) is 12.4 Å². The van der Waals surface area contributed by atoms with Gasteiger partial charge in [-0.15, -0.1) is 11.3 Å². The summed E-state index contributed by atoms with van der Waals surface area (Å²) in [6, 6.07) is 8.32. The van der Waals surface area contributed by atoms with Crippen LogP contribution in [0.2, 0.25) is 5.02 Å². The smallest absolute Gasteiger partial charge is 0.227 e. The number of halogens is 2. The van der Waals surface area contributed by atoms with E-state index in [1.165, 1.54) is 18.2 Å². The number of hydrogen-bond acceptors (Lipinski definition) is 4. The van der Waals surface area contributed by atoms with E-state index < -0.39 is 5.82 Å². The molecule has 148 valence electrons. The van der Waals surface area contributed by atoms with E-state index >= 15 is 0 Å². The summed E-state index contributed by atoms with van der Waals surface area (Å²) in [4.78, 5) is 19.2. The first kappa shape index (κ1) is 20.5. The lowest BCUT2D eigenvalue weighted by atomic mass is 9.99. The Hall–Kier alpha value is -2.22. The minimum atomic E-state index is -0.510. The number of aryl methyl sites for hydroxylation is 1. The fourth-order valence-corrected chi connectivity index (χ4v) is 4.17. The molecule has 2 N–H and O–H groups in total. The van der Waals surface area contributed by atoms with Crippen LogP contribution in [0.25, 0.3) is 10.6 Å². The number of amides is 1.